The van der Waals surface area contributed by atoms with Gasteiger partial charge in [-0.2, -0.15) is 0 Å². The average Bonchev–Trinajstić information content (AvgIpc) is 2.95. The van der Waals surface area contributed by atoms with Gasteiger partial charge in [-0.25, -0.2) is 0 Å². The van der Waals surface area contributed by atoms with Gasteiger partial charge in [0.2, 0.25) is 0 Å². The molecule has 0 saturated carbocycles. The lowest BCUT2D eigenvalue weighted by atomic mass is 10.0. The fraction of sp³-hybridized carbons (Fsp3) is 0.529. The molecule has 1 aromatic rings. The first kappa shape index (κ1) is 14.3. The molecule has 0 aromatic heterocycles. The Morgan fingerprint density at radius 2 is 2.00 bits per heavy atom. The van der Waals surface area contributed by atoms with Gasteiger partial charge in [-0.05, 0) is 39.2 Å². The highest BCUT2D eigenvalue weighted by atomic mass is 16.6. The predicted octanol–water partition coefficient (Wildman–Crippen LogP) is 3.49. The first-order valence-electron chi connectivity index (χ1n) is 7.04. The van der Waals surface area contributed by atoms with E-state index in [1.807, 2.05) is 36.4 Å². The number of rotatable bonds is 6. The van der Waals surface area contributed by atoms with Crippen LogP contribution in [0.25, 0.3) is 0 Å². The quantitative estimate of drug-likeness (QED) is 0.627. The molecule has 1 aliphatic rings. The fourth-order valence-corrected chi connectivity index (χ4v) is 2.42. The summed E-state index contributed by atoms with van der Waals surface area (Å²) in [4.78, 5) is 0. The van der Waals surface area contributed by atoms with Gasteiger partial charge < -0.3 is 9.84 Å². The second-order valence-corrected chi connectivity index (χ2v) is 6.02. The Hall–Kier alpha value is -1.12. The van der Waals surface area contributed by atoms with Crippen molar-refractivity contribution in [3.05, 3.63) is 47.5 Å². The number of ether oxygens (including phenoxy) is 1. The Morgan fingerprint density at radius 1 is 1.37 bits per heavy atom. The van der Waals surface area contributed by atoms with Gasteiger partial charge in [-0.1, -0.05) is 42.0 Å². The maximum atomic E-state index is 10.0. The van der Waals surface area contributed by atoms with Gasteiger partial charge in [0.15, 0.2) is 0 Å². The van der Waals surface area contributed by atoms with E-state index < -0.39 is 6.10 Å². The lowest BCUT2D eigenvalue weighted by Crippen LogP contribution is -2.08. The standard InChI is InChI=1S/C17H24O2/c1-13(9-10-16-17(2,3)19-16)11-15(18)12-14-7-5-4-6-8-14/h4-8,11,15-16,18H,9-10,12H2,1-3H3/b13-11+. The third-order valence-electron chi connectivity index (χ3n) is 3.73. The van der Waals surface area contributed by atoms with Crippen LogP contribution in [0.2, 0.25) is 0 Å². The number of hydrogen-bond acceptors (Lipinski definition) is 2. The first-order valence-corrected chi connectivity index (χ1v) is 7.04. The summed E-state index contributed by atoms with van der Waals surface area (Å²) in [7, 11) is 0. The maximum absolute atomic E-state index is 10.0. The van der Waals surface area contributed by atoms with Crippen LogP contribution in [0.15, 0.2) is 42.0 Å². The molecular weight excluding hydrogens is 236 g/mol. The van der Waals surface area contributed by atoms with Crippen LogP contribution in [-0.2, 0) is 11.2 Å². The smallest absolute Gasteiger partial charge is 0.0892 e. The molecule has 1 heterocycles. The van der Waals surface area contributed by atoms with Crippen molar-refractivity contribution < 1.29 is 9.84 Å². The number of aliphatic hydroxyl groups excluding tert-OH is 1. The third-order valence-corrected chi connectivity index (χ3v) is 3.73. The van der Waals surface area contributed by atoms with Crippen LogP contribution in [0.5, 0.6) is 0 Å². The molecule has 1 N–H and O–H groups in total. The summed E-state index contributed by atoms with van der Waals surface area (Å²) in [5.41, 5.74) is 2.49. The van der Waals surface area contributed by atoms with Crippen molar-refractivity contribution >= 4 is 0 Å². The van der Waals surface area contributed by atoms with E-state index in [0.717, 1.165) is 12.8 Å². The van der Waals surface area contributed by atoms with Crippen LogP contribution < -0.4 is 0 Å². The Kier molecular flexibility index (Phi) is 4.43. The van der Waals surface area contributed by atoms with Crippen molar-refractivity contribution in [2.24, 2.45) is 0 Å². The van der Waals surface area contributed by atoms with E-state index in [1.54, 1.807) is 0 Å². The highest BCUT2D eigenvalue weighted by molar-refractivity contribution is 5.17. The Balaban J connectivity index is 1.76. The molecule has 104 valence electrons. The van der Waals surface area contributed by atoms with Gasteiger partial charge in [0.25, 0.3) is 0 Å². The lowest BCUT2D eigenvalue weighted by Gasteiger charge is -2.08. The molecule has 2 atom stereocenters. The molecule has 1 fully saturated rings. The van der Waals surface area contributed by atoms with E-state index in [0.29, 0.717) is 12.5 Å². The van der Waals surface area contributed by atoms with Gasteiger partial charge in [-0.15, -0.1) is 0 Å². The van der Waals surface area contributed by atoms with E-state index >= 15 is 0 Å². The largest absolute Gasteiger partial charge is 0.389 e. The zero-order chi connectivity index (χ0) is 13.9. The Morgan fingerprint density at radius 3 is 2.58 bits per heavy atom. The van der Waals surface area contributed by atoms with Crippen molar-refractivity contribution in [1.29, 1.82) is 0 Å². The summed E-state index contributed by atoms with van der Waals surface area (Å²) in [6.45, 7) is 6.34. The SMILES string of the molecule is C/C(=C\C(O)Cc1ccccc1)CCC1OC1(C)C. The number of epoxide rings is 1. The van der Waals surface area contributed by atoms with Crippen LogP contribution in [0, 0.1) is 0 Å². The van der Waals surface area contributed by atoms with Crippen molar-refractivity contribution in [2.45, 2.75) is 57.8 Å². The summed E-state index contributed by atoms with van der Waals surface area (Å²) in [5, 5.41) is 10.0. The van der Waals surface area contributed by atoms with E-state index in [9.17, 15) is 5.11 Å². The minimum absolute atomic E-state index is 0.0724. The third kappa shape index (κ3) is 4.48. The highest BCUT2D eigenvalue weighted by Gasteiger charge is 2.46. The molecule has 1 saturated heterocycles. The number of allylic oxidation sites excluding steroid dienone is 1. The van der Waals surface area contributed by atoms with Crippen molar-refractivity contribution in [2.75, 3.05) is 0 Å². The normalized spacial score (nSPS) is 23.2. The molecule has 2 rings (SSSR count). The van der Waals surface area contributed by atoms with Crippen molar-refractivity contribution in [3.63, 3.8) is 0 Å². The van der Waals surface area contributed by atoms with Gasteiger partial charge >= 0.3 is 0 Å². The Bertz CT molecular complexity index is 434. The Labute approximate surface area is 116 Å². The van der Waals surface area contributed by atoms with E-state index in [2.05, 4.69) is 20.8 Å². The highest BCUT2D eigenvalue weighted by Crippen LogP contribution is 2.38. The summed E-state index contributed by atoms with van der Waals surface area (Å²) < 4.78 is 5.57. The number of hydrogen-bond donors (Lipinski definition) is 1. The molecule has 0 bridgehead atoms. The van der Waals surface area contributed by atoms with Crippen LogP contribution in [-0.4, -0.2) is 22.9 Å². The minimum Gasteiger partial charge on any atom is -0.389 e. The number of benzene rings is 1. The van der Waals surface area contributed by atoms with Gasteiger partial charge in [-0.3, -0.25) is 0 Å². The molecule has 0 aliphatic carbocycles. The van der Waals surface area contributed by atoms with E-state index in [4.69, 9.17) is 4.74 Å². The molecule has 0 radical (unpaired) electrons. The van der Waals surface area contributed by atoms with Crippen LogP contribution in [0.4, 0.5) is 0 Å². The molecule has 19 heavy (non-hydrogen) atoms. The fourth-order valence-electron chi connectivity index (χ4n) is 2.42. The first-order chi connectivity index (χ1) is 8.97. The van der Waals surface area contributed by atoms with Gasteiger partial charge in [0.05, 0.1) is 17.8 Å². The van der Waals surface area contributed by atoms with Crippen LogP contribution >= 0.6 is 0 Å². The van der Waals surface area contributed by atoms with Gasteiger partial charge in [0, 0.05) is 6.42 Å². The molecule has 2 nitrogen and oxygen atoms in total. The lowest BCUT2D eigenvalue weighted by molar-refractivity contribution is 0.222. The zero-order valence-electron chi connectivity index (χ0n) is 12.1. The molecule has 2 unspecified atom stereocenters. The van der Waals surface area contributed by atoms with Crippen LogP contribution in [0.1, 0.15) is 39.2 Å². The monoisotopic (exact) mass is 260 g/mol. The average molecular weight is 260 g/mol. The van der Waals surface area contributed by atoms with E-state index in [1.165, 1.54) is 11.1 Å². The summed E-state index contributed by atoms with van der Waals surface area (Å²) in [5.74, 6) is 0. The molecule has 1 aliphatic heterocycles. The van der Waals surface area contributed by atoms with Crippen molar-refractivity contribution in [3.8, 4) is 0 Å². The summed E-state index contributed by atoms with van der Waals surface area (Å²) in [6, 6.07) is 10.1. The molecule has 0 spiro atoms. The van der Waals surface area contributed by atoms with Crippen LogP contribution in [0.3, 0.4) is 0 Å². The number of aliphatic hydroxyl groups is 1. The second kappa shape index (κ2) is 5.89. The van der Waals surface area contributed by atoms with Gasteiger partial charge in [0.1, 0.15) is 0 Å². The topological polar surface area (TPSA) is 32.8 Å². The van der Waals surface area contributed by atoms with E-state index in [-0.39, 0.29) is 5.60 Å². The minimum atomic E-state index is -0.393. The molecule has 2 heteroatoms. The van der Waals surface area contributed by atoms with Crippen molar-refractivity contribution in [1.82, 2.24) is 0 Å². The maximum Gasteiger partial charge on any atom is 0.0892 e. The predicted molar refractivity (Wildman–Crippen MR) is 78.1 cm³/mol. The molecular formula is C17H24O2. The summed E-state index contributed by atoms with van der Waals surface area (Å²) in [6.07, 6.45) is 4.71. The second-order valence-electron chi connectivity index (χ2n) is 6.02. The summed E-state index contributed by atoms with van der Waals surface area (Å²) >= 11 is 0. The molecule has 0 amide bonds. The zero-order valence-corrected chi connectivity index (χ0v) is 12.1. The molecule has 1 aromatic carbocycles.